The van der Waals surface area contributed by atoms with Gasteiger partial charge in [-0.05, 0) is 0 Å². The first kappa shape index (κ1) is 11.4. The highest BCUT2D eigenvalue weighted by Crippen LogP contribution is 2.12. The smallest absolute Gasteiger partial charge is 0.360 e. The number of rotatable bonds is 3. The van der Waals surface area contributed by atoms with Crippen molar-refractivity contribution >= 4 is 23.1 Å². The zero-order valence-corrected chi connectivity index (χ0v) is 9.78. The minimum Gasteiger partial charge on any atom is -0.464 e. The third-order valence-electron chi connectivity index (χ3n) is 2.17. The third-order valence-corrected chi connectivity index (χ3v) is 2.89. The summed E-state index contributed by atoms with van der Waals surface area (Å²) in [4.78, 5) is 28.6. The Labute approximate surface area is 99.9 Å². The standard InChI is InChI=1S/C9H10N4O3S/c1-16-8(14)6-7(10)13(4-11-6)2-5-3-17-9(15)12-5/h3-4H,2,10H2,1H3,(H,12,15). The van der Waals surface area contributed by atoms with E-state index in [0.29, 0.717) is 12.2 Å². The van der Waals surface area contributed by atoms with Crippen LogP contribution in [0.3, 0.4) is 0 Å². The highest BCUT2D eigenvalue weighted by Gasteiger charge is 2.16. The molecule has 0 aliphatic rings. The second-order valence-electron chi connectivity index (χ2n) is 3.27. The Morgan fingerprint density at radius 2 is 2.47 bits per heavy atom. The van der Waals surface area contributed by atoms with Crippen LogP contribution in [-0.4, -0.2) is 27.6 Å². The molecule has 2 aromatic heterocycles. The number of nitrogen functional groups attached to an aromatic ring is 1. The molecule has 7 nitrogen and oxygen atoms in total. The number of nitrogens with one attached hydrogen (secondary N) is 1. The number of hydrogen-bond acceptors (Lipinski definition) is 6. The average Bonchev–Trinajstić information content (AvgIpc) is 2.87. The fourth-order valence-corrected chi connectivity index (χ4v) is 1.92. The average molecular weight is 254 g/mol. The Bertz CT molecular complexity index is 597. The molecule has 0 aliphatic carbocycles. The van der Waals surface area contributed by atoms with Gasteiger partial charge in [0.2, 0.25) is 0 Å². The predicted molar refractivity (Wildman–Crippen MR) is 62.0 cm³/mol. The van der Waals surface area contributed by atoms with Crippen LogP contribution in [0.5, 0.6) is 0 Å². The number of aromatic amines is 1. The van der Waals surface area contributed by atoms with E-state index < -0.39 is 5.97 Å². The van der Waals surface area contributed by atoms with Gasteiger partial charge in [0.1, 0.15) is 5.82 Å². The van der Waals surface area contributed by atoms with E-state index in [2.05, 4.69) is 14.7 Å². The largest absolute Gasteiger partial charge is 0.464 e. The normalized spacial score (nSPS) is 10.4. The number of H-pyrrole nitrogens is 1. The number of ether oxygens (including phenoxy) is 1. The summed E-state index contributed by atoms with van der Waals surface area (Å²) in [5.74, 6) is -0.371. The summed E-state index contributed by atoms with van der Waals surface area (Å²) in [6, 6.07) is 0. The van der Waals surface area contributed by atoms with Crippen molar-refractivity contribution in [3.8, 4) is 0 Å². The Morgan fingerprint density at radius 3 is 3.06 bits per heavy atom. The minimum absolute atomic E-state index is 0.0741. The minimum atomic E-state index is -0.583. The van der Waals surface area contributed by atoms with Crippen molar-refractivity contribution in [2.75, 3.05) is 12.8 Å². The van der Waals surface area contributed by atoms with Crippen LogP contribution in [0.1, 0.15) is 16.2 Å². The van der Waals surface area contributed by atoms with Crippen molar-refractivity contribution in [1.82, 2.24) is 14.5 Å². The fraction of sp³-hybridized carbons (Fsp3) is 0.222. The Balaban J connectivity index is 2.26. The number of esters is 1. The van der Waals surface area contributed by atoms with Crippen molar-refractivity contribution in [2.24, 2.45) is 0 Å². The van der Waals surface area contributed by atoms with Crippen LogP contribution in [0.25, 0.3) is 0 Å². The number of imidazole rings is 1. The molecule has 8 heteroatoms. The summed E-state index contributed by atoms with van der Waals surface area (Å²) in [5, 5.41) is 1.69. The number of nitrogens with two attached hydrogens (primary N) is 1. The molecule has 0 amide bonds. The van der Waals surface area contributed by atoms with Crippen LogP contribution in [0.15, 0.2) is 16.5 Å². The molecule has 0 bridgehead atoms. The number of anilines is 1. The number of methoxy groups -OCH3 is 1. The van der Waals surface area contributed by atoms with Crippen molar-refractivity contribution in [3.05, 3.63) is 32.8 Å². The van der Waals surface area contributed by atoms with Gasteiger partial charge in [-0.3, -0.25) is 4.79 Å². The molecule has 2 heterocycles. The lowest BCUT2D eigenvalue weighted by Gasteiger charge is -2.02. The van der Waals surface area contributed by atoms with Crippen LogP contribution in [-0.2, 0) is 11.3 Å². The Hall–Kier alpha value is -2.09. The second kappa shape index (κ2) is 4.42. The topological polar surface area (TPSA) is 103 Å². The number of nitrogens with zero attached hydrogens (tertiary/aromatic N) is 2. The van der Waals surface area contributed by atoms with Crippen molar-refractivity contribution in [3.63, 3.8) is 0 Å². The molecule has 0 unspecified atom stereocenters. The predicted octanol–water partition coefficient (Wildman–Crippen LogP) is 0.0500. The number of thiazole rings is 1. The maximum absolute atomic E-state index is 11.3. The molecule has 0 aromatic carbocycles. The van der Waals surface area contributed by atoms with E-state index in [1.54, 1.807) is 9.95 Å². The molecule has 2 rings (SSSR count). The maximum Gasteiger partial charge on any atom is 0.360 e. The summed E-state index contributed by atoms with van der Waals surface area (Å²) in [6.07, 6.45) is 1.43. The highest BCUT2D eigenvalue weighted by atomic mass is 32.1. The van der Waals surface area contributed by atoms with Gasteiger partial charge in [0.05, 0.1) is 20.0 Å². The Kier molecular flexibility index (Phi) is 2.96. The van der Waals surface area contributed by atoms with Crippen molar-refractivity contribution in [1.29, 1.82) is 0 Å². The van der Waals surface area contributed by atoms with Crippen LogP contribution in [0, 0.1) is 0 Å². The SMILES string of the molecule is COC(=O)c1ncn(Cc2csc(=O)[nH]2)c1N. The zero-order valence-electron chi connectivity index (χ0n) is 8.97. The van der Waals surface area contributed by atoms with Gasteiger partial charge in [-0.25, -0.2) is 9.78 Å². The third kappa shape index (κ3) is 2.21. The van der Waals surface area contributed by atoms with E-state index >= 15 is 0 Å². The number of carbonyl (C=O) groups is 1. The number of aromatic nitrogens is 3. The molecular weight excluding hydrogens is 244 g/mol. The molecule has 0 radical (unpaired) electrons. The molecule has 0 saturated carbocycles. The van der Waals surface area contributed by atoms with Gasteiger partial charge < -0.3 is 20.0 Å². The molecule has 17 heavy (non-hydrogen) atoms. The highest BCUT2D eigenvalue weighted by molar-refractivity contribution is 7.07. The molecule has 90 valence electrons. The Morgan fingerprint density at radius 1 is 1.71 bits per heavy atom. The van der Waals surface area contributed by atoms with Gasteiger partial charge in [0.15, 0.2) is 5.69 Å². The van der Waals surface area contributed by atoms with Gasteiger partial charge in [-0.15, -0.1) is 0 Å². The van der Waals surface area contributed by atoms with Crippen molar-refractivity contribution in [2.45, 2.75) is 6.54 Å². The van der Waals surface area contributed by atoms with E-state index in [0.717, 1.165) is 11.3 Å². The van der Waals surface area contributed by atoms with Crippen LogP contribution in [0.2, 0.25) is 0 Å². The first-order chi connectivity index (χ1) is 8.11. The molecule has 0 saturated heterocycles. The van der Waals surface area contributed by atoms with Crippen LogP contribution in [0.4, 0.5) is 5.82 Å². The maximum atomic E-state index is 11.3. The van der Waals surface area contributed by atoms with E-state index in [4.69, 9.17) is 5.73 Å². The summed E-state index contributed by atoms with van der Waals surface area (Å²) < 4.78 is 6.09. The second-order valence-corrected chi connectivity index (χ2v) is 4.11. The van der Waals surface area contributed by atoms with E-state index in [1.807, 2.05) is 0 Å². The lowest BCUT2D eigenvalue weighted by molar-refractivity contribution is 0.0596. The lowest BCUT2D eigenvalue weighted by atomic mass is 10.4. The molecule has 0 atom stereocenters. The molecule has 0 spiro atoms. The van der Waals surface area contributed by atoms with Crippen LogP contribution >= 0.6 is 11.3 Å². The summed E-state index contributed by atoms with van der Waals surface area (Å²) >= 11 is 1.07. The zero-order chi connectivity index (χ0) is 12.4. The molecule has 2 aromatic rings. The quantitative estimate of drug-likeness (QED) is 0.753. The van der Waals surface area contributed by atoms with Gasteiger partial charge >= 0.3 is 10.8 Å². The van der Waals surface area contributed by atoms with Gasteiger partial charge in [0, 0.05) is 11.1 Å². The number of carbonyl (C=O) groups excluding carboxylic acids is 1. The molecule has 0 aliphatic heterocycles. The molecular formula is C9H10N4O3S. The molecule has 0 fully saturated rings. The summed E-state index contributed by atoms with van der Waals surface area (Å²) in [6.45, 7) is 0.356. The van der Waals surface area contributed by atoms with E-state index in [-0.39, 0.29) is 16.4 Å². The first-order valence-electron chi connectivity index (χ1n) is 4.67. The van der Waals surface area contributed by atoms with E-state index in [9.17, 15) is 9.59 Å². The summed E-state index contributed by atoms with van der Waals surface area (Å²) in [5.41, 5.74) is 6.53. The van der Waals surface area contributed by atoms with Gasteiger partial charge in [-0.1, -0.05) is 11.3 Å². The van der Waals surface area contributed by atoms with Gasteiger partial charge in [0.25, 0.3) is 0 Å². The first-order valence-corrected chi connectivity index (χ1v) is 5.55. The number of hydrogen-bond donors (Lipinski definition) is 2. The van der Waals surface area contributed by atoms with E-state index in [1.165, 1.54) is 13.4 Å². The van der Waals surface area contributed by atoms with Crippen LogP contribution < -0.4 is 10.6 Å². The molecule has 3 N–H and O–H groups in total. The monoisotopic (exact) mass is 254 g/mol. The van der Waals surface area contributed by atoms with Gasteiger partial charge in [-0.2, -0.15) is 0 Å². The van der Waals surface area contributed by atoms with Crippen molar-refractivity contribution < 1.29 is 9.53 Å². The summed E-state index contributed by atoms with van der Waals surface area (Å²) in [7, 11) is 1.26. The fourth-order valence-electron chi connectivity index (χ4n) is 1.35. The lowest BCUT2D eigenvalue weighted by Crippen LogP contribution is -2.09.